The van der Waals surface area contributed by atoms with Crippen molar-refractivity contribution < 1.29 is 18.3 Å². The van der Waals surface area contributed by atoms with Gasteiger partial charge in [0.25, 0.3) is 5.92 Å². The van der Waals surface area contributed by atoms with Gasteiger partial charge >= 0.3 is 6.09 Å². The monoisotopic (exact) mass is 308 g/mol. The van der Waals surface area contributed by atoms with Crippen molar-refractivity contribution in [3.8, 4) is 6.07 Å². The second-order valence-electron chi connectivity index (χ2n) is 6.61. The first kappa shape index (κ1) is 16.2. The van der Waals surface area contributed by atoms with Crippen LogP contribution in [0.25, 0.3) is 0 Å². The number of hydrogen-bond donors (Lipinski definition) is 1. The van der Waals surface area contributed by atoms with Crippen molar-refractivity contribution in [2.45, 2.75) is 50.7 Å². The summed E-state index contributed by atoms with van der Waals surface area (Å²) in [4.78, 5) is 11.9. The number of rotatable bonds is 2. The highest BCUT2D eigenvalue weighted by molar-refractivity contribution is 5.69. The summed E-state index contributed by atoms with van der Waals surface area (Å²) in [5.41, 5.74) is -0.882. The SMILES string of the molecule is CC(C)(C)OC(=O)NC1(c2ccc(C#N)cc2)CC(F)(F)C1. The van der Waals surface area contributed by atoms with E-state index in [1.807, 2.05) is 6.07 Å². The zero-order chi connectivity index (χ0) is 16.6. The van der Waals surface area contributed by atoms with Crippen LogP contribution in [0.15, 0.2) is 24.3 Å². The Morgan fingerprint density at radius 1 is 1.27 bits per heavy atom. The third-order valence-corrected chi connectivity index (χ3v) is 3.43. The Morgan fingerprint density at radius 2 is 1.82 bits per heavy atom. The Morgan fingerprint density at radius 3 is 2.23 bits per heavy atom. The summed E-state index contributed by atoms with van der Waals surface area (Å²) in [5.74, 6) is -2.82. The van der Waals surface area contributed by atoms with Gasteiger partial charge in [0.05, 0.1) is 17.2 Å². The van der Waals surface area contributed by atoms with Crippen LogP contribution in [0.2, 0.25) is 0 Å². The van der Waals surface area contributed by atoms with Crippen LogP contribution >= 0.6 is 0 Å². The second-order valence-corrected chi connectivity index (χ2v) is 6.61. The van der Waals surface area contributed by atoms with Crippen molar-refractivity contribution in [1.82, 2.24) is 5.32 Å². The predicted octanol–water partition coefficient (Wildman–Crippen LogP) is 3.71. The van der Waals surface area contributed by atoms with Crippen LogP contribution < -0.4 is 5.32 Å². The summed E-state index contributed by atoms with van der Waals surface area (Å²) in [6.07, 6.45) is -1.69. The number of alkyl halides is 2. The lowest BCUT2D eigenvalue weighted by molar-refractivity contribution is -0.136. The topological polar surface area (TPSA) is 62.1 Å². The lowest BCUT2D eigenvalue weighted by Crippen LogP contribution is -2.60. The molecular formula is C16H18F2N2O2. The molecule has 4 nitrogen and oxygen atoms in total. The number of benzene rings is 1. The van der Waals surface area contributed by atoms with E-state index in [-0.39, 0.29) is 0 Å². The molecule has 0 spiro atoms. The van der Waals surface area contributed by atoms with E-state index in [4.69, 9.17) is 10.00 Å². The Hall–Kier alpha value is -2.16. The smallest absolute Gasteiger partial charge is 0.408 e. The van der Waals surface area contributed by atoms with Gasteiger partial charge < -0.3 is 10.1 Å². The van der Waals surface area contributed by atoms with E-state index in [1.165, 1.54) is 0 Å². The van der Waals surface area contributed by atoms with Gasteiger partial charge in [-0.1, -0.05) is 12.1 Å². The zero-order valence-electron chi connectivity index (χ0n) is 12.7. The molecule has 2 rings (SSSR count). The number of ether oxygens (including phenoxy) is 1. The number of hydrogen-bond acceptors (Lipinski definition) is 3. The number of nitriles is 1. The number of halogens is 2. The molecule has 0 bridgehead atoms. The Kier molecular flexibility index (Phi) is 3.86. The molecule has 0 unspecified atom stereocenters. The van der Waals surface area contributed by atoms with Gasteiger partial charge in [0.1, 0.15) is 5.60 Å². The van der Waals surface area contributed by atoms with Gasteiger partial charge in [0.15, 0.2) is 0 Å². The largest absolute Gasteiger partial charge is 0.444 e. The lowest BCUT2D eigenvalue weighted by Gasteiger charge is -2.48. The van der Waals surface area contributed by atoms with E-state index in [9.17, 15) is 13.6 Å². The molecule has 1 saturated carbocycles. The zero-order valence-corrected chi connectivity index (χ0v) is 12.7. The van der Waals surface area contributed by atoms with Crippen molar-refractivity contribution in [2.24, 2.45) is 0 Å². The number of carbonyl (C=O) groups excluding carboxylic acids is 1. The summed E-state index contributed by atoms with van der Waals surface area (Å²) < 4.78 is 32.0. The molecule has 1 aliphatic carbocycles. The fraction of sp³-hybridized carbons (Fsp3) is 0.500. The van der Waals surface area contributed by atoms with E-state index in [1.54, 1.807) is 45.0 Å². The third kappa shape index (κ3) is 3.53. The number of nitrogens with one attached hydrogen (secondary N) is 1. The normalized spacial score (nSPS) is 18.7. The molecule has 22 heavy (non-hydrogen) atoms. The first-order valence-corrected chi connectivity index (χ1v) is 6.95. The van der Waals surface area contributed by atoms with Crippen LogP contribution in [0, 0.1) is 11.3 Å². The van der Waals surface area contributed by atoms with E-state index in [0.717, 1.165) is 0 Å². The molecule has 0 radical (unpaired) electrons. The average molecular weight is 308 g/mol. The molecule has 1 fully saturated rings. The molecule has 0 aliphatic heterocycles. The van der Waals surface area contributed by atoms with Crippen LogP contribution in [0.3, 0.4) is 0 Å². The molecule has 0 saturated heterocycles. The number of alkyl carbamates (subject to hydrolysis) is 1. The maximum atomic E-state index is 13.4. The molecular weight excluding hydrogens is 290 g/mol. The summed E-state index contributed by atoms with van der Waals surface area (Å²) in [6, 6.07) is 8.24. The van der Waals surface area contributed by atoms with Crippen molar-refractivity contribution in [3.63, 3.8) is 0 Å². The second kappa shape index (κ2) is 5.24. The lowest BCUT2D eigenvalue weighted by atomic mass is 9.69. The summed E-state index contributed by atoms with van der Waals surface area (Å²) in [7, 11) is 0. The van der Waals surface area contributed by atoms with Gasteiger partial charge in [-0.15, -0.1) is 0 Å². The molecule has 0 heterocycles. The van der Waals surface area contributed by atoms with Gasteiger partial charge in [0, 0.05) is 12.8 Å². The van der Waals surface area contributed by atoms with E-state index < -0.39 is 36.0 Å². The average Bonchev–Trinajstić information content (AvgIpc) is 2.34. The van der Waals surface area contributed by atoms with E-state index >= 15 is 0 Å². The Balaban J connectivity index is 2.22. The van der Waals surface area contributed by atoms with Gasteiger partial charge in [-0.25, -0.2) is 13.6 Å². The molecule has 118 valence electrons. The Bertz CT molecular complexity index is 605. The van der Waals surface area contributed by atoms with Crippen molar-refractivity contribution in [2.75, 3.05) is 0 Å². The highest BCUT2D eigenvalue weighted by atomic mass is 19.3. The summed E-state index contributed by atoms with van der Waals surface area (Å²) in [5, 5.41) is 11.4. The quantitative estimate of drug-likeness (QED) is 0.906. The molecule has 1 aliphatic rings. The first-order chi connectivity index (χ1) is 10.1. The molecule has 0 atom stereocenters. The minimum atomic E-state index is -2.82. The number of nitrogens with zero attached hydrogens (tertiary/aromatic N) is 1. The molecule has 6 heteroatoms. The van der Waals surface area contributed by atoms with Gasteiger partial charge in [-0.3, -0.25) is 0 Å². The van der Waals surface area contributed by atoms with Crippen LogP contribution in [-0.4, -0.2) is 17.6 Å². The van der Waals surface area contributed by atoms with Crippen LogP contribution in [0.5, 0.6) is 0 Å². The maximum absolute atomic E-state index is 13.4. The van der Waals surface area contributed by atoms with Gasteiger partial charge in [-0.05, 0) is 38.5 Å². The Labute approximate surface area is 128 Å². The van der Waals surface area contributed by atoms with Crippen molar-refractivity contribution >= 4 is 6.09 Å². The molecule has 1 amide bonds. The van der Waals surface area contributed by atoms with Gasteiger partial charge in [-0.2, -0.15) is 5.26 Å². The number of amides is 1. The number of carbonyl (C=O) groups is 1. The molecule has 1 N–H and O–H groups in total. The minimum Gasteiger partial charge on any atom is -0.444 e. The predicted molar refractivity (Wildman–Crippen MR) is 76.4 cm³/mol. The third-order valence-electron chi connectivity index (χ3n) is 3.43. The fourth-order valence-electron chi connectivity index (χ4n) is 2.56. The van der Waals surface area contributed by atoms with Gasteiger partial charge in [0.2, 0.25) is 0 Å². The van der Waals surface area contributed by atoms with Crippen LogP contribution in [0.4, 0.5) is 13.6 Å². The highest BCUT2D eigenvalue weighted by Gasteiger charge is 2.58. The molecule has 1 aromatic rings. The fourth-order valence-corrected chi connectivity index (χ4v) is 2.56. The van der Waals surface area contributed by atoms with Crippen molar-refractivity contribution in [3.05, 3.63) is 35.4 Å². The highest BCUT2D eigenvalue weighted by Crippen LogP contribution is 2.51. The first-order valence-electron chi connectivity index (χ1n) is 6.95. The summed E-state index contributed by atoms with van der Waals surface area (Å²) in [6.45, 7) is 5.11. The summed E-state index contributed by atoms with van der Waals surface area (Å²) >= 11 is 0. The van der Waals surface area contributed by atoms with E-state index in [0.29, 0.717) is 11.1 Å². The minimum absolute atomic E-state index is 0.433. The maximum Gasteiger partial charge on any atom is 0.408 e. The van der Waals surface area contributed by atoms with Crippen molar-refractivity contribution in [1.29, 1.82) is 5.26 Å². The van der Waals surface area contributed by atoms with Crippen LogP contribution in [0.1, 0.15) is 44.7 Å². The molecule has 0 aromatic heterocycles. The van der Waals surface area contributed by atoms with E-state index in [2.05, 4.69) is 5.32 Å². The standard InChI is InChI=1S/C16H18F2N2O2/c1-14(2,3)22-13(21)20-15(9-16(17,18)10-15)12-6-4-11(8-19)5-7-12/h4-7H,9-10H2,1-3H3,(H,20,21). The molecule has 1 aromatic carbocycles. The van der Waals surface area contributed by atoms with Crippen LogP contribution in [-0.2, 0) is 10.3 Å².